The van der Waals surface area contributed by atoms with Gasteiger partial charge in [0.15, 0.2) is 6.10 Å². The molecule has 13 heavy (non-hydrogen) atoms. The molecule has 0 amide bonds. The predicted octanol–water partition coefficient (Wildman–Crippen LogP) is -0.120. The summed E-state index contributed by atoms with van der Waals surface area (Å²) in [4.78, 5) is 21.1. The summed E-state index contributed by atoms with van der Waals surface area (Å²) >= 11 is 0. The fraction of sp³-hybridized carbons (Fsp3) is 0.750. The molecule has 74 valence electrons. The van der Waals surface area contributed by atoms with Gasteiger partial charge >= 0.3 is 11.9 Å². The highest BCUT2D eigenvalue weighted by atomic mass is 16.6. The number of esters is 2. The summed E-state index contributed by atoms with van der Waals surface area (Å²) in [6, 6.07) is 0. The van der Waals surface area contributed by atoms with Crippen molar-refractivity contribution in [1.29, 1.82) is 0 Å². The molecule has 0 spiro atoms. The highest BCUT2D eigenvalue weighted by Crippen LogP contribution is 2.17. The Kier molecular flexibility index (Phi) is 3.25. The second-order valence-electron chi connectivity index (χ2n) is 2.82. The molecule has 2 atom stereocenters. The van der Waals surface area contributed by atoms with Crippen LogP contribution in [0.4, 0.5) is 0 Å². The Bertz CT molecular complexity index is 209. The van der Waals surface area contributed by atoms with Gasteiger partial charge < -0.3 is 14.2 Å². The molecule has 2 unspecified atom stereocenters. The maximum Gasteiger partial charge on any atom is 0.303 e. The van der Waals surface area contributed by atoms with Crippen molar-refractivity contribution >= 4 is 11.9 Å². The molecule has 1 aliphatic heterocycles. The van der Waals surface area contributed by atoms with Crippen LogP contribution in [0, 0.1) is 0 Å². The number of rotatable bonds is 4. The number of epoxide rings is 1. The summed E-state index contributed by atoms with van der Waals surface area (Å²) in [5.41, 5.74) is 0. The molecular weight excluding hydrogens is 176 g/mol. The van der Waals surface area contributed by atoms with Gasteiger partial charge in [-0.05, 0) is 0 Å². The lowest BCUT2D eigenvalue weighted by atomic mass is 10.3. The Hall–Kier alpha value is -1.10. The smallest absolute Gasteiger partial charge is 0.303 e. The van der Waals surface area contributed by atoms with Gasteiger partial charge in [-0.1, -0.05) is 0 Å². The van der Waals surface area contributed by atoms with Crippen LogP contribution in [0.2, 0.25) is 0 Å². The first-order valence-electron chi connectivity index (χ1n) is 4.02. The molecule has 5 heteroatoms. The normalized spacial score (nSPS) is 21.8. The van der Waals surface area contributed by atoms with Gasteiger partial charge in [0.1, 0.15) is 12.7 Å². The number of hydrogen-bond acceptors (Lipinski definition) is 5. The third-order valence-electron chi connectivity index (χ3n) is 1.54. The third-order valence-corrected chi connectivity index (χ3v) is 1.54. The minimum absolute atomic E-state index is 0.0690. The lowest BCUT2D eigenvalue weighted by Crippen LogP contribution is -2.28. The molecule has 0 aromatic rings. The van der Waals surface area contributed by atoms with E-state index in [0.717, 1.165) is 0 Å². The standard InChI is InChI=1S/C8H12O5/c1-5(9)11-4-8(7-3-12-7)13-6(2)10/h7-8H,3-4H2,1-2H3. The van der Waals surface area contributed by atoms with Gasteiger partial charge in [0.2, 0.25) is 0 Å². The van der Waals surface area contributed by atoms with E-state index in [0.29, 0.717) is 6.61 Å². The largest absolute Gasteiger partial charge is 0.462 e. The SMILES string of the molecule is CC(=O)OCC(OC(C)=O)C1CO1. The van der Waals surface area contributed by atoms with Gasteiger partial charge in [0.05, 0.1) is 6.61 Å². The highest BCUT2D eigenvalue weighted by Gasteiger charge is 2.35. The Morgan fingerprint density at radius 3 is 2.46 bits per heavy atom. The zero-order valence-electron chi connectivity index (χ0n) is 7.61. The van der Waals surface area contributed by atoms with Crippen molar-refractivity contribution in [3.05, 3.63) is 0 Å². The van der Waals surface area contributed by atoms with E-state index in [1.807, 2.05) is 0 Å². The molecule has 1 fully saturated rings. The molecule has 5 nitrogen and oxygen atoms in total. The van der Waals surface area contributed by atoms with Crippen LogP contribution in [0.25, 0.3) is 0 Å². The van der Waals surface area contributed by atoms with E-state index in [9.17, 15) is 9.59 Å². The summed E-state index contributed by atoms with van der Waals surface area (Å²) in [6.45, 7) is 3.24. The summed E-state index contributed by atoms with van der Waals surface area (Å²) in [7, 11) is 0. The van der Waals surface area contributed by atoms with Gasteiger partial charge in [0, 0.05) is 13.8 Å². The molecule has 0 aliphatic carbocycles. The van der Waals surface area contributed by atoms with Gasteiger partial charge in [-0.15, -0.1) is 0 Å². The van der Waals surface area contributed by atoms with Crippen LogP contribution in [-0.2, 0) is 23.8 Å². The Labute approximate surface area is 76.0 Å². The first-order valence-corrected chi connectivity index (χ1v) is 4.02. The van der Waals surface area contributed by atoms with Crippen molar-refractivity contribution in [2.24, 2.45) is 0 Å². The van der Waals surface area contributed by atoms with E-state index >= 15 is 0 Å². The molecule has 0 bridgehead atoms. The second kappa shape index (κ2) is 4.23. The van der Waals surface area contributed by atoms with Crippen LogP contribution in [0.1, 0.15) is 13.8 Å². The van der Waals surface area contributed by atoms with Crippen LogP contribution in [-0.4, -0.2) is 37.4 Å². The van der Waals surface area contributed by atoms with Crippen LogP contribution in [0.3, 0.4) is 0 Å². The number of hydrogen-bond donors (Lipinski definition) is 0. The Balaban J connectivity index is 2.29. The van der Waals surface area contributed by atoms with Gasteiger partial charge in [-0.25, -0.2) is 0 Å². The zero-order chi connectivity index (χ0) is 9.84. The second-order valence-corrected chi connectivity index (χ2v) is 2.82. The average Bonchev–Trinajstić information content (AvgIpc) is 2.78. The van der Waals surface area contributed by atoms with Gasteiger partial charge in [-0.3, -0.25) is 9.59 Å². The van der Waals surface area contributed by atoms with Crippen LogP contribution in [0.5, 0.6) is 0 Å². The summed E-state index contributed by atoms with van der Waals surface area (Å²) < 4.78 is 14.5. The van der Waals surface area contributed by atoms with Crippen molar-refractivity contribution in [1.82, 2.24) is 0 Å². The van der Waals surface area contributed by atoms with Crippen molar-refractivity contribution < 1.29 is 23.8 Å². The number of carbonyl (C=O) groups excluding carboxylic acids is 2. The molecule has 0 saturated carbocycles. The lowest BCUT2D eigenvalue weighted by molar-refractivity contribution is -0.157. The highest BCUT2D eigenvalue weighted by molar-refractivity contribution is 5.67. The van der Waals surface area contributed by atoms with E-state index < -0.39 is 18.0 Å². The number of carbonyl (C=O) groups is 2. The lowest BCUT2D eigenvalue weighted by Gasteiger charge is -2.13. The van der Waals surface area contributed by atoms with Crippen LogP contribution < -0.4 is 0 Å². The minimum atomic E-state index is -0.457. The van der Waals surface area contributed by atoms with E-state index in [-0.39, 0.29) is 12.7 Å². The average molecular weight is 188 g/mol. The maximum atomic E-state index is 10.6. The summed E-state index contributed by atoms with van der Waals surface area (Å²) in [5, 5.41) is 0. The first-order chi connectivity index (χ1) is 6.09. The molecule has 0 radical (unpaired) electrons. The predicted molar refractivity (Wildman–Crippen MR) is 41.9 cm³/mol. The van der Waals surface area contributed by atoms with Crippen LogP contribution >= 0.6 is 0 Å². The van der Waals surface area contributed by atoms with E-state index in [1.54, 1.807) is 0 Å². The summed E-state index contributed by atoms with van der Waals surface area (Å²) in [5.74, 6) is -0.787. The van der Waals surface area contributed by atoms with E-state index in [2.05, 4.69) is 0 Å². The van der Waals surface area contributed by atoms with Crippen molar-refractivity contribution in [2.45, 2.75) is 26.1 Å². The minimum Gasteiger partial charge on any atom is -0.462 e. The maximum absolute atomic E-state index is 10.6. The zero-order valence-corrected chi connectivity index (χ0v) is 7.61. The third kappa shape index (κ3) is 3.89. The molecule has 1 rings (SSSR count). The molecular formula is C8H12O5. The Morgan fingerprint density at radius 2 is 2.08 bits per heavy atom. The quantitative estimate of drug-likeness (QED) is 0.454. The first kappa shape index (κ1) is 9.98. The molecule has 1 saturated heterocycles. The van der Waals surface area contributed by atoms with Crippen molar-refractivity contribution in [3.63, 3.8) is 0 Å². The fourth-order valence-corrected chi connectivity index (χ4v) is 0.900. The molecule has 0 N–H and O–H groups in total. The molecule has 0 aromatic heterocycles. The monoisotopic (exact) mass is 188 g/mol. The van der Waals surface area contributed by atoms with Crippen molar-refractivity contribution in [3.8, 4) is 0 Å². The van der Waals surface area contributed by atoms with E-state index in [4.69, 9.17) is 14.2 Å². The van der Waals surface area contributed by atoms with Gasteiger partial charge in [0.25, 0.3) is 0 Å². The molecule has 1 aliphatic rings. The molecule has 0 aromatic carbocycles. The fourth-order valence-electron chi connectivity index (χ4n) is 0.900. The number of ether oxygens (including phenoxy) is 3. The Morgan fingerprint density at radius 1 is 1.46 bits per heavy atom. The summed E-state index contributed by atoms with van der Waals surface area (Å²) in [6.07, 6.45) is -0.565. The molecule has 1 heterocycles. The van der Waals surface area contributed by atoms with Crippen molar-refractivity contribution in [2.75, 3.05) is 13.2 Å². The van der Waals surface area contributed by atoms with E-state index in [1.165, 1.54) is 13.8 Å². The van der Waals surface area contributed by atoms with Crippen LogP contribution in [0.15, 0.2) is 0 Å². The van der Waals surface area contributed by atoms with Gasteiger partial charge in [-0.2, -0.15) is 0 Å². The topological polar surface area (TPSA) is 65.1 Å².